The third kappa shape index (κ3) is 3.32. The summed E-state index contributed by atoms with van der Waals surface area (Å²) in [5.41, 5.74) is 1.46. The highest BCUT2D eigenvalue weighted by atomic mass is 79.9. The molecule has 0 bridgehead atoms. The van der Waals surface area contributed by atoms with Crippen molar-refractivity contribution in [2.75, 3.05) is 25.0 Å². The lowest BCUT2D eigenvalue weighted by atomic mass is 10.1. The molecule has 2 N–H and O–H groups in total. The van der Waals surface area contributed by atoms with Crippen LogP contribution in [0, 0.1) is 0 Å². The molecule has 15 heavy (non-hydrogen) atoms. The first-order valence-electron chi connectivity index (χ1n) is 5.08. The predicted molar refractivity (Wildman–Crippen MR) is 66.0 cm³/mol. The maximum atomic E-state index is 4.26. The number of halogens is 1. The van der Waals surface area contributed by atoms with Crippen LogP contribution < -0.4 is 10.6 Å². The van der Waals surface area contributed by atoms with E-state index in [1.807, 2.05) is 12.1 Å². The van der Waals surface area contributed by atoms with Gasteiger partial charge in [-0.3, -0.25) is 0 Å². The Morgan fingerprint density at radius 3 is 3.07 bits per heavy atom. The molecule has 80 valence electrons. The third-order valence-corrected chi connectivity index (χ3v) is 2.85. The number of pyridine rings is 1. The number of aromatic nitrogens is 1. The van der Waals surface area contributed by atoms with Crippen LogP contribution in [0.15, 0.2) is 34.5 Å². The van der Waals surface area contributed by atoms with Crippen LogP contribution in [-0.4, -0.2) is 24.6 Å². The monoisotopic (exact) mass is 267 g/mol. The minimum Gasteiger partial charge on any atom is -0.366 e. The summed E-state index contributed by atoms with van der Waals surface area (Å²) in [4.78, 5) is 4.26. The number of rotatable bonds is 3. The first-order valence-corrected chi connectivity index (χ1v) is 5.88. The number of nitrogens with one attached hydrogen (secondary N) is 2. The van der Waals surface area contributed by atoms with Crippen LogP contribution in [0.4, 0.5) is 5.82 Å². The highest BCUT2D eigenvalue weighted by molar-refractivity contribution is 9.10. The maximum Gasteiger partial charge on any atom is 0.126 e. The van der Waals surface area contributed by atoms with Crippen molar-refractivity contribution in [3.63, 3.8) is 0 Å². The molecule has 2 heterocycles. The second kappa shape index (κ2) is 5.28. The Kier molecular flexibility index (Phi) is 3.75. The van der Waals surface area contributed by atoms with Gasteiger partial charge in [-0.2, -0.15) is 0 Å². The Hall–Kier alpha value is -0.870. The van der Waals surface area contributed by atoms with Gasteiger partial charge in [-0.15, -0.1) is 0 Å². The molecule has 0 unspecified atom stereocenters. The zero-order valence-corrected chi connectivity index (χ0v) is 10.0. The van der Waals surface area contributed by atoms with E-state index >= 15 is 0 Å². The van der Waals surface area contributed by atoms with Gasteiger partial charge in [-0.25, -0.2) is 4.98 Å². The summed E-state index contributed by atoms with van der Waals surface area (Å²) in [6.07, 6.45) is 5.18. The van der Waals surface area contributed by atoms with E-state index in [9.17, 15) is 0 Å². The Bertz CT molecular complexity index is 345. The lowest BCUT2D eigenvalue weighted by molar-refractivity contribution is 0.697. The molecule has 0 saturated heterocycles. The van der Waals surface area contributed by atoms with Crippen molar-refractivity contribution >= 4 is 21.7 Å². The number of nitrogens with zero attached hydrogens (tertiary/aromatic N) is 1. The van der Waals surface area contributed by atoms with E-state index in [-0.39, 0.29) is 0 Å². The van der Waals surface area contributed by atoms with E-state index in [0.717, 1.165) is 36.3 Å². The number of hydrogen-bond acceptors (Lipinski definition) is 3. The van der Waals surface area contributed by atoms with Gasteiger partial charge < -0.3 is 10.6 Å². The summed E-state index contributed by atoms with van der Waals surface area (Å²) < 4.78 is 1.01. The standard InChI is InChI=1S/C11H14BrN3/c12-10-1-2-11(15-8-10)14-7-9-3-5-13-6-4-9/h1-3,8,13H,4-7H2,(H,14,15). The molecule has 0 spiro atoms. The maximum absolute atomic E-state index is 4.26. The van der Waals surface area contributed by atoms with E-state index in [1.165, 1.54) is 5.57 Å². The molecule has 1 aromatic heterocycles. The van der Waals surface area contributed by atoms with Crippen molar-refractivity contribution in [2.24, 2.45) is 0 Å². The molecule has 1 aromatic rings. The van der Waals surface area contributed by atoms with E-state index in [1.54, 1.807) is 6.20 Å². The predicted octanol–water partition coefficient (Wildman–Crippen LogP) is 2.18. The third-order valence-electron chi connectivity index (χ3n) is 2.38. The second-order valence-corrected chi connectivity index (χ2v) is 4.45. The first-order chi connectivity index (χ1) is 7.34. The van der Waals surface area contributed by atoms with Gasteiger partial charge in [0.15, 0.2) is 0 Å². The normalized spacial score (nSPS) is 15.9. The fourth-order valence-electron chi connectivity index (χ4n) is 1.51. The highest BCUT2D eigenvalue weighted by Crippen LogP contribution is 2.11. The zero-order valence-electron chi connectivity index (χ0n) is 8.46. The summed E-state index contributed by atoms with van der Waals surface area (Å²) in [7, 11) is 0. The molecular weight excluding hydrogens is 254 g/mol. The second-order valence-electron chi connectivity index (χ2n) is 3.53. The van der Waals surface area contributed by atoms with Crippen LogP contribution in [0.1, 0.15) is 6.42 Å². The van der Waals surface area contributed by atoms with E-state index < -0.39 is 0 Å². The van der Waals surface area contributed by atoms with Gasteiger partial charge in [0.05, 0.1) is 0 Å². The lowest BCUT2D eigenvalue weighted by Gasteiger charge is -2.14. The summed E-state index contributed by atoms with van der Waals surface area (Å²) in [6, 6.07) is 3.97. The topological polar surface area (TPSA) is 37.0 Å². The van der Waals surface area contributed by atoms with Crippen LogP contribution in [0.3, 0.4) is 0 Å². The Morgan fingerprint density at radius 1 is 1.47 bits per heavy atom. The van der Waals surface area contributed by atoms with Crippen molar-refractivity contribution in [1.29, 1.82) is 0 Å². The van der Waals surface area contributed by atoms with Gasteiger partial charge in [-0.1, -0.05) is 11.6 Å². The van der Waals surface area contributed by atoms with Crippen LogP contribution >= 0.6 is 15.9 Å². The Balaban J connectivity index is 1.87. The summed E-state index contributed by atoms with van der Waals surface area (Å²) in [5, 5.41) is 6.61. The van der Waals surface area contributed by atoms with Crippen molar-refractivity contribution < 1.29 is 0 Å². The largest absolute Gasteiger partial charge is 0.366 e. The Labute approximate surface area is 98.1 Å². The number of anilines is 1. The Morgan fingerprint density at radius 2 is 2.40 bits per heavy atom. The van der Waals surface area contributed by atoms with Crippen LogP contribution in [0.2, 0.25) is 0 Å². The molecule has 0 amide bonds. The van der Waals surface area contributed by atoms with Crippen molar-refractivity contribution in [3.05, 3.63) is 34.5 Å². The summed E-state index contributed by atoms with van der Waals surface area (Å²) in [5.74, 6) is 0.928. The van der Waals surface area contributed by atoms with Crippen molar-refractivity contribution in [2.45, 2.75) is 6.42 Å². The van der Waals surface area contributed by atoms with Gasteiger partial charge in [0.2, 0.25) is 0 Å². The fraction of sp³-hybridized carbons (Fsp3) is 0.364. The fourth-order valence-corrected chi connectivity index (χ4v) is 1.75. The first kappa shape index (κ1) is 10.6. The molecule has 0 fully saturated rings. The van der Waals surface area contributed by atoms with E-state index in [4.69, 9.17) is 0 Å². The van der Waals surface area contributed by atoms with Gasteiger partial charge in [0, 0.05) is 23.8 Å². The van der Waals surface area contributed by atoms with E-state index in [2.05, 4.69) is 37.6 Å². The molecule has 4 heteroatoms. The molecular formula is C11H14BrN3. The molecule has 0 radical (unpaired) electrons. The summed E-state index contributed by atoms with van der Waals surface area (Å²) >= 11 is 3.36. The van der Waals surface area contributed by atoms with Crippen molar-refractivity contribution in [1.82, 2.24) is 10.3 Å². The minimum atomic E-state index is 0.899. The zero-order chi connectivity index (χ0) is 10.5. The van der Waals surface area contributed by atoms with Crippen LogP contribution in [0.25, 0.3) is 0 Å². The quantitative estimate of drug-likeness (QED) is 0.825. The highest BCUT2D eigenvalue weighted by Gasteiger charge is 2.02. The molecule has 0 atom stereocenters. The molecule has 1 aliphatic rings. The molecule has 0 saturated carbocycles. The lowest BCUT2D eigenvalue weighted by Crippen LogP contribution is -2.23. The molecule has 3 nitrogen and oxygen atoms in total. The van der Waals surface area contributed by atoms with Crippen LogP contribution in [0.5, 0.6) is 0 Å². The minimum absolute atomic E-state index is 0.899. The molecule has 0 aliphatic carbocycles. The van der Waals surface area contributed by atoms with Crippen molar-refractivity contribution in [3.8, 4) is 0 Å². The molecule has 0 aromatic carbocycles. The van der Waals surface area contributed by atoms with Gasteiger partial charge >= 0.3 is 0 Å². The van der Waals surface area contributed by atoms with Gasteiger partial charge in [0.25, 0.3) is 0 Å². The van der Waals surface area contributed by atoms with Gasteiger partial charge in [0.1, 0.15) is 5.82 Å². The number of hydrogen-bond donors (Lipinski definition) is 2. The van der Waals surface area contributed by atoms with Gasteiger partial charge in [-0.05, 0) is 41.0 Å². The molecule has 1 aliphatic heterocycles. The SMILES string of the molecule is Brc1ccc(NCC2=CCNCC2)nc1. The summed E-state index contributed by atoms with van der Waals surface area (Å²) in [6.45, 7) is 2.97. The molecule has 2 rings (SSSR count). The average Bonchev–Trinajstić information content (AvgIpc) is 2.30. The van der Waals surface area contributed by atoms with Crippen LogP contribution in [-0.2, 0) is 0 Å². The average molecular weight is 268 g/mol. The van der Waals surface area contributed by atoms with E-state index in [0.29, 0.717) is 0 Å². The smallest absolute Gasteiger partial charge is 0.126 e.